The minimum Gasteiger partial charge on any atom is -0.446 e. The number of halogens is 12. The van der Waals surface area contributed by atoms with Crippen LogP contribution < -0.4 is 21.8 Å². The number of hydrogen-bond donors (Lipinski definition) is 5. The number of hydrazine groups is 1. The minimum absolute atomic E-state index is 0.130. The summed E-state index contributed by atoms with van der Waals surface area (Å²) in [4.78, 5) is 53.8. The second-order valence-corrected chi connectivity index (χ2v) is 18.8. The van der Waals surface area contributed by atoms with Gasteiger partial charge in [0.2, 0.25) is 11.5 Å². The Labute approximate surface area is 407 Å². The Bertz CT molecular complexity index is 2610. The van der Waals surface area contributed by atoms with Crippen LogP contribution in [0.4, 0.5) is 62.3 Å². The van der Waals surface area contributed by atoms with Crippen LogP contribution in [0.1, 0.15) is 77.6 Å². The number of aliphatic hydroxyl groups excluding tert-OH is 1. The van der Waals surface area contributed by atoms with E-state index in [0.717, 1.165) is 24.8 Å². The lowest BCUT2D eigenvalue weighted by molar-refractivity contribution is -0.270. The molecule has 2 aliphatic rings. The summed E-state index contributed by atoms with van der Waals surface area (Å²) in [5.41, 5.74) is -3.07. The Morgan fingerprint density at radius 1 is 0.795 bits per heavy atom. The van der Waals surface area contributed by atoms with E-state index in [1.165, 1.54) is 24.3 Å². The molecule has 2 fully saturated rings. The van der Waals surface area contributed by atoms with Crippen LogP contribution in [0.5, 0.6) is 0 Å². The molecular weight excluding hydrogens is 1010 g/mol. The third kappa shape index (κ3) is 12.4. The van der Waals surface area contributed by atoms with Crippen molar-refractivity contribution in [3.8, 4) is 22.3 Å². The van der Waals surface area contributed by atoms with Gasteiger partial charge in [0.1, 0.15) is 29.2 Å². The Balaban J connectivity index is 1.42. The molecule has 400 valence electrons. The molecule has 73 heavy (non-hydrogen) atoms. The third-order valence-electron chi connectivity index (χ3n) is 12.8. The standard InChI is InChI=1S/C45H49F12N9O7/c1-41(2,44(52,53)54)34(62-40(71)72-28-11-12-28)35(68)61-32(13-22-5-7-23(8-6-22)25-16-59-65(18-25)37(48)49)33(67)21-64(20-29-30(46)14-24(15-31(29)47)26-17-60-66(19-26)38(50)51)63-36(69)43(27-9-10-27,73-39(58)70)42(3,4)45(55,56)57/h5-8,14-19,27-28,32-34,37-38,67H,9-13,20-21H2,1-4H3,(H2,58,70)(H,61,68)(H,62,71)(H,63,69)/t32?,33?,34?,43-/m1/s1. The number of alkyl carbamates (subject to hydrolysis) is 1. The van der Waals surface area contributed by atoms with E-state index in [-0.39, 0.29) is 39.8 Å². The minimum atomic E-state index is -5.33. The molecule has 6 N–H and O–H groups in total. The number of benzene rings is 2. The summed E-state index contributed by atoms with van der Waals surface area (Å²) in [6.45, 7) is -6.32. The number of carbonyl (C=O) groups is 4. The van der Waals surface area contributed by atoms with E-state index < -0.39 is 133 Å². The molecule has 0 spiro atoms. The van der Waals surface area contributed by atoms with Gasteiger partial charge in [0.15, 0.2) is 0 Å². The van der Waals surface area contributed by atoms with Crippen LogP contribution >= 0.6 is 0 Å². The van der Waals surface area contributed by atoms with E-state index in [9.17, 15) is 68.2 Å². The van der Waals surface area contributed by atoms with Crippen LogP contribution in [-0.4, -0.2) is 102 Å². The highest BCUT2D eigenvalue weighted by Crippen LogP contribution is 2.57. The number of nitrogens with two attached hydrogens (primary N) is 1. The van der Waals surface area contributed by atoms with Gasteiger partial charge >= 0.3 is 37.6 Å². The Morgan fingerprint density at radius 3 is 1.78 bits per heavy atom. The monoisotopic (exact) mass is 1060 g/mol. The zero-order valence-electron chi connectivity index (χ0n) is 39.0. The molecule has 28 heteroatoms. The number of ether oxygens (including phenoxy) is 2. The molecule has 3 unspecified atom stereocenters. The van der Waals surface area contributed by atoms with Crippen molar-refractivity contribution in [3.05, 3.63) is 83.9 Å². The molecule has 2 aromatic heterocycles. The number of alkyl halides is 10. The summed E-state index contributed by atoms with van der Waals surface area (Å²) >= 11 is 0. The fourth-order valence-corrected chi connectivity index (χ4v) is 7.99. The highest BCUT2D eigenvalue weighted by atomic mass is 19.4. The van der Waals surface area contributed by atoms with Crippen molar-refractivity contribution in [2.24, 2.45) is 22.5 Å². The predicted octanol–water partition coefficient (Wildman–Crippen LogP) is 8.08. The number of nitrogens with one attached hydrogen (secondary N) is 3. The number of primary amides is 1. The van der Waals surface area contributed by atoms with Gasteiger partial charge in [-0.3, -0.25) is 15.0 Å². The second kappa shape index (κ2) is 21.1. The van der Waals surface area contributed by atoms with E-state index in [1.807, 2.05) is 5.32 Å². The molecule has 16 nitrogen and oxygen atoms in total. The summed E-state index contributed by atoms with van der Waals surface area (Å²) < 4.78 is 185. The Kier molecular flexibility index (Phi) is 16.1. The molecule has 0 bridgehead atoms. The first-order chi connectivity index (χ1) is 33.9. The molecule has 2 heterocycles. The van der Waals surface area contributed by atoms with E-state index in [0.29, 0.717) is 67.9 Å². The summed E-state index contributed by atoms with van der Waals surface area (Å²) in [5.74, 6) is -7.61. The van der Waals surface area contributed by atoms with Crippen LogP contribution in [0.25, 0.3) is 22.3 Å². The quantitative estimate of drug-likeness (QED) is 0.0400. The predicted molar refractivity (Wildman–Crippen MR) is 230 cm³/mol. The first-order valence-electron chi connectivity index (χ1n) is 22.2. The van der Waals surface area contributed by atoms with Gasteiger partial charge in [0.05, 0.1) is 30.0 Å². The maximum atomic E-state index is 16.1. The molecule has 2 aliphatic carbocycles. The SMILES string of the molecule is CC(C)(C(NC(=O)OC1CC1)C(=O)NC(Cc1ccc(-c2cnn(C(F)F)c2)cc1)C(O)CN(Cc1c(F)cc(-c2cnn(C(F)F)c2)cc1F)NC(=O)[C@](OC(N)=O)(C1CC1)C(C)(C)C(F)(F)F)C(F)(F)F. The molecule has 4 atom stereocenters. The molecule has 0 radical (unpaired) electrons. The maximum absolute atomic E-state index is 16.1. The normalized spacial score (nSPS) is 16.7. The second-order valence-electron chi connectivity index (χ2n) is 18.8. The van der Waals surface area contributed by atoms with Crippen molar-refractivity contribution in [3.63, 3.8) is 0 Å². The highest BCUT2D eigenvalue weighted by molar-refractivity contribution is 5.89. The molecule has 6 rings (SSSR count). The van der Waals surface area contributed by atoms with Gasteiger partial charge in [-0.1, -0.05) is 24.3 Å². The average molecular weight is 1060 g/mol. The molecule has 4 amide bonds. The molecule has 0 aliphatic heterocycles. The molecule has 2 saturated carbocycles. The van der Waals surface area contributed by atoms with Gasteiger partial charge in [-0.25, -0.2) is 32.7 Å². The molecule has 0 saturated heterocycles. The molecule has 4 aromatic rings. The van der Waals surface area contributed by atoms with E-state index >= 15 is 8.78 Å². The van der Waals surface area contributed by atoms with Crippen molar-refractivity contribution >= 4 is 24.0 Å². The number of nitrogens with zero attached hydrogens (tertiary/aromatic N) is 5. The number of hydrogen-bond acceptors (Lipinski definition) is 10. The Morgan fingerprint density at radius 2 is 1.33 bits per heavy atom. The van der Waals surface area contributed by atoms with Crippen LogP contribution in [0, 0.1) is 28.4 Å². The summed E-state index contributed by atoms with van der Waals surface area (Å²) in [6.07, 6.45) is -13.0. The number of amides is 4. The van der Waals surface area contributed by atoms with E-state index in [4.69, 9.17) is 15.2 Å². The van der Waals surface area contributed by atoms with Gasteiger partial charge in [0, 0.05) is 48.1 Å². The van der Waals surface area contributed by atoms with Gasteiger partial charge in [-0.15, -0.1) is 0 Å². The summed E-state index contributed by atoms with van der Waals surface area (Å²) in [5, 5.41) is 23.7. The Hall–Kier alpha value is -6.58. The van der Waals surface area contributed by atoms with Crippen LogP contribution in [-0.2, 0) is 32.0 Å². The molecule has 2 aromatic carbocycles. The number of carbonyl (C=O) groups excluding carboxylic acids is 4. The van der Waals surface area contributed by atoms with Crippen molar-refractivity contribution in [2.45, 2.75) is 122 Å². The highest BCUT2D eigenvalue weighted by Gasteiger charge is 2.72. The third-order valence-corrected chi connectivity index (χ3v) is 12.8. The van der Waals surface area contributed by atoms with Crippen LogP contribution in [0.2, 0.25) is 0 Å². The van der Waals surface area contributed by atoms with Gasteiger partial charge in [-0.05, 0) is 88.6 Å². The topological polar surface area (TPSA) is 208 Å². The maximum Gasteiger partial charge on any atom is 0.408 e. The fourth-order valence-electron chi connectivity index (χ4n) is 7.99. The van der Waals surface area contributed by atoms with Crippen LogP contribution in [0.15, 0.2) is 61.2 Å². The first kappa shape index (κ1) is 55.7. The van der Waals surface area contributed by atoms with Crippen molar-refractivity contribution < 1.29 is 86.4 Å². The smallest absolute Gasteiger partial charge is 0.408 e. The van der Waals surface area contributed by atoms with Gasteiger partial charge in [-0.2, -0.15) is 54.1 Å². The van der Waals surface area contributed by atoms with Gasteiger partial charge < -0.3 is 30.9 Å². The van der Waals surface area contributed by atoms with Crippen LogP contribution in [0.3, 0.4) is 0 Å². The lowest BCUT2D eigenvalue weighted by Gasteiger charge is -2.46. The van der Waals surface area contributed by atoms with Crippen molar-refractivity contribution in [1.82, 2.24) is 40.6 Å². The van der Waals surface area contributed by atoms with E-state index in [1.54, 1.807) is 0 Å². The summed E-state index contributed by atoms with van der Waals surface area (Å²) in [6, 6.07) is 2.45. The van der Waals surface area contributed by atoms with E-state index in [2.05, 4.69) is 20.9 Å². The molecular formula is C45H49F12N9O7. The van der Waals surface area contributed by atoms with Gasteiger partial charge in [0.25, 0.3) is 5.91 Å². The fraction of sp³-hybridized carbons (Fsp3) is 0.511. The average Bonchev–Trinajstić information content (AvgIpc) is 4.19. The van der Waals surface area contributed by atoms with Crippen molar-refractivity contribution in [1.29, 1.82) is 0 Å². The lowest BCUT2D eigenvalue weighted by atomic mass is 9.70. The number of aliphatic hydroxyl groups is 1. The zero-order valence-corrected chi connectivity index (χ0v) is 39.0. The van der Waals surface area contributed by atoms with Crippen molar-refractivity contribution in [2.75, 3.05) is 6.54 Å². The first-order valence-corrected chi connectivity index (χ1v) is 22.2. The summed E-state index contributed by atoms with van der Waals surface area (Å²) in [7, 11) is 0. The zero-order chi connectivity index (χ0) is 54.2. The number of aromatic nitrogens is 4. The lowest BCUT2D eigenvalue weighted by Crippen LogP contribution is -2.67. The number of rotatable bonds is 21. The largest absolute Gasteiger partial charge is 0.446 e.